The fraction of sp³-hybridized carbons (Fsp3) is 0.750. The lowest BCUT2D eigenvalue weighted by Crippen LogP contribution is -2.02. The first-order chi connectivity index (χ1) is 12.2. The molecule has 0 saturated carbocycles. The molecule has 0 aliphatic carbocycles. The van der Waals surface area contributed by atoms with Crippen LogP contribution in [0.25, 0.3) is 0 Å². The lowest BCUT2D eigenvalue weighted by Gasteiger charge is -2.17. The highest BCUT2D eigenvalue weighted by molar-refractivity contribution is 5.45. The molecule has 1 aromatic carbocycles. The van der Waals surface area contributed by atoms with Crippen LogP contribution >= 0.6 is 0 Å². The molecule has 0 unspecified atom stereocenters. The van der Waals surface area contributed by atoms with Gasteiger partial charge in [0.1, 0.15) is 5.75 Å². The topological polar surface area (TPSA) is 20.2 Å². The predicted molar refractivity (Wildman–Crippen MR) is 112 cm³/mol. The molecule has 0 aliphatic rings. The monoisotopic (exact) mass is 346 g/mol. The first kappa shape index (κ1) is 22.1. The minimum Gasteiger partial charge on any atom is -0.508 e. The summed E-state index contributed by atoms with van der Waals surface area (Å²) < 4.78 is 0. The second-order valence-corrected chi connectivity index (χ2v) is 7.63. The van der Waals surface area contributed by atoms with Crippen LogP contribution < -0.4 is 0 Å². The fourth-order valence-corrected chi connectivity index (χ4v) is 3.75. The third-order valence-electron chi connectivity index (χ3n) is 5.36. The molecule has 144 valence electrons. The van der Waals surface area contributed by atoms with Crippen molar-refractivity contribution >= 4 is 0 Å². The van der Waals surface area contributed by atoms with E-state index in [2.05, 4.69) is 26.8 Å². The quantitative estimate of drug-likeness (QED) is 0.322. The van der Waals surface area contributed by atoms with E-state index in [1.807, 2.05) is 6.07 Å². The van der Waals surface area contributed by atoms with Crippen molar-refractivity contribution in [2.24, 2.45) is 0 Å². The number of unbranched alkanes of at least 4 members (excludes halogenated alkanes) is 9. The Hall–Kier alpha value is -0.980. The number of phenols is 1. The van der Waals surface area contributed by atoms with E-state index >= 15 is 0 Å². The highest BCUT2D eigenvalue weighted by atomic mass is 16.3. The Kier molecular flexibility index (Phi) is 12.5. The van der Waals surface area contributed by atoms with Gasteiger partial charge >= 0.3 is 0 Å². The average molecular weight is 347 g/mol. The van der Waals surface area contributed by atoms with E-state index < -0.39 is 0 Å². The molecule has 1 N–H and O–H groups in total. The van der Waals surface area contributed by atoms with E-state index in [9.17, 15) is 5.11 Å². The summed E-state index contributed by atoms with van der Waals surface area (Å²) in [4.78, 5) is 0. The van der Waals surface area contributed by atoms with Crippen LogP contribution in [0.5, 0.6) is 5.75 Å². The van der Waals surface area contributed by atoms with E-state index in [0.717, 1.165) is 12.8 Å². The van der Waals surface area contributed by atoms with Gasteiger partial charge in [-0.15, -0.1) is 0 Å². The molecule has 0 radical (unpaired) electrons. The van der Waals surface area contributed by atoms with Gasteiger partial charge in [-0.1, -0.05) is 84.6 Å². The van der Waals surface area contributed by atoms with Crippen LogP contribution in [-0.2, 0) is 19.3 Å². The Bertz CT molecular complexity index is 450. The van der Waals surface area contributed by atoms with Gasteiger partial charge in [0.05, 0.1) is 0 Å². The third-order valence-corrected chi connectivity index (χ3v) is 5.36. The van der Waals surface area contributed by atoms with Gasteiger partial charge in [0.25, 0.3) is 0 Å². The Morgan fingerprint density at radius 2 is 1.04 bits per heavy atom. The summed E-state index contributed by atoms with van der Waals surface area (Å²) in [6.45, 7) is 6.80. The standard InChI is InChI=1S/C24H42O/c1-4-7-10-12-15-18-23-22(17-14-11-8-5-2)21(16-13-9-6-3)19-20-24(23)25/h19-20,25H,4-18H2,1-3H3. The van der Waals surface area contributed by atoms with Crippen LogP contribution in [0.3, 0.4) is 0 Å². The van der Waals surface area contributed by atoms with Crippen molar-refractivity contribution in [2.75, 3.05) is 0 Å². The van der Waals surface area contributed by atoms with Gasteiger partial charge in [0.2, 0.25) is 0 Å². The normalized spacial score (nSPS) is 11.2. The minimum atomic E-state index is 0.542. The zero-order valence-electron chi connectivity index (χ0n) is 17.2. The van der Waals surface area contributed by atoms with Crippen molar-refractivity contribution in [3.8, 4) is 5.75 Å². The first-order valence-corrected chi connectivity index (χ1v) is 11.1. The molecule has 1 heteroatoms. The molecular weight excluding hydrogens is 304 g/mol. The molecule has 1 aromatic rings. The molecule has 0 spiro atoms. The Morgan fingerprint density at radius 3 is 1.68 bits per heavy atom. The largest absolute Gasteiger partial charge is 0.508 e. The molecule has 0 bridgehead atoms. The zero-order chi connectivity index (χ0) is 18.3. The molecule has 0 fully saturated rings. The summed E-state index contributed by atoms with van der Waals surface area (Å²) in [5.74, 6) is 0.542. The Morgan fingerprint density at radius 1 is 0.560 bits per heavy atom. The van der Waals surface area contributed by atoms with Gasteiger partial charge in [-0.05, 0) is 61.3 Å². The molecular formula is C24H42O. The summed E-state index contributed by atoms with van der Waals surface area (Å²) in [5.41, 5.74) is 4.26. The third kappa shape index (κ3) is 8.79. The van der Waals surface area contributed by atoms with E-state index in [1.54, 1.807) is 0 Å². The van der Waals surface area contributed by atoms with Crippen molar-refractivity contribution < 1.29 is 5.11 Å². The molecule has 25 heavy (non-hydrogen) atoms. The molecule has 0 aliphatic heterocycles. The summed E-state index contributed by atoms with van der Waals surface area (Å²) in [6.07, 6.45) is 18.9. The summed E-state index contributed by atoms with van der Waals surface area (Å²) in [5, 5.41) is 10.5. The smallest absolute Gasteiger partial charge is 0.119 e. The second kappa shape index (κ2) is 14.2. The van der Waals surface area contributed by atoms with Crippen LogP contribution in [0.2, 0.25) is 0 Å². The molecule has 0 heterocycles. The second-order valence-electron chi connectivity index (χ2n) is 7.63. The lowest BCUT2D eigenvalue weighted by atomic mass is 9.89. The van der Waals surface area contributed by atoms with Crippen LogP contribution in [0.4, 0.5) is 0 Å². The molecule has 0 amide bonds. The average Bonchev–Trinajstić information content (AvgIpc) is 2.62. The van der Waals surface area contributed by atoms with Crippen LogP contribution in [0.1, 0.15) is 115 Å². The number of hydrogen-bond acceptors (Lipinski definition) is 1. The summed E-state index contributed by atoms with van der Waals surface area (Å²) in [7, 11) is 0. The van der Waals surface area contributed by atoms with E-state index in [4.69, 9.17) is 0 Å². The van der Waals surface area contributed by atoms with Gasteiger partial charge < -0.3 is 5.11 Å². The van der Waals surface area contributed by atoms with Gasteiger partial charge in [0, 0.05) is 0 Å². The Balaban J connectivity index is 2.78. The molecule has 0 aromatic heterocycles. The summed E-state index contributed by atoms with van der Waals surface area (Å²) >= 11 is 0. The molecule has 0 saturated heterocycles. The van der Waals surface area contributed by atoms with Crippen LogP contribution in [0, 0.1) is 0 Å². The van der Waals surface area contributed by atoms with E-state index in [-0.39, 0.29) is 0 Å². The number of rotatable bonds is 15. The SMILES string of the molecule is CCCCCCCc1c(O)ccc(CCCCC)c1CCCCCC. The molecule has 1 nitrogen and oxygen atoms in total. The number of benzene rings is 1. The summed E-state index contributed by atoms with van der Waals surface area (Å²) in [6, 6.07) is 4.15. The van der Waals surface area contributed by atoms with Gasteiger partial charge in [0.15, 0.2) is 0 Å². The van der Waals surface area contributed by atoms with Crippen molar-refractivity contribution in [3.05, 3.63) is 28.8 Å². The van der Waals surface area contributed by atoms with E-state index in [0.29, 0.717) is 5.75 Å². The number of hydrogen-bond donors (Lipinski definition) is 1. The van der Waals surface area contributed by atoms with Crippen molar-refractivity contribution in [1.82, 2.24) is 0 Å². The lowest BCUT2D eigenvalue weighted by molar-refractivity contribution is 0.463. The number of phenolic OH excluding ortho intramolecular Hbond substituents is 1. The maximum absolute atomic E-state index is 10.5. The molecule has 1 rings (SSSR count). The maximum Gasteiger partial charge on any atom is 0.119 e. The predicted octanol–water partition coefficient (Wildman–Crippen LogP) is 7.76. The minimum absolute atomic E-state index is 0.542. The van der Waals surface area contributed by atoms with E-state index in [1.165, 1.54) is 100 Å². The fourth-order valence-electron chi connectivity index (χ4n) is 3.75. The van der Waals surface area contributed by atoms with Gasteiger partial charge in [-0.2, -0.15) is 0 Å². The van der Waals surface area contributed by atoms with Crippen molar-refractivity contribution in [3.63, 3.8) is 0 Å². The maximum atomic E-state index is 10.5. The number of aryl methyl sites for hydroxylation is 1. The molecule has 0 atom stereocenters. The Labute approximate surface area is 157 Å². The van der Waals surface area contributed by atoms with Crippen LogP contribution in [0.15, 0.2) is 12.1 Å². The van der Waals surface area contributed by atoms with Crippen molar-refractivity contribution in [1.29, 1.82) is 0 Å². The zero-order valence-corrected chi connectivity index (χ0v) is 17.2. The highest BCUT2D eigenvalue weighted by Gasteiger charge is 2.13. The van der Waals surface area contributed by atoms with Gasteiger partial charge in [-0.25, -0.2) is 0 Å². The number of aromatic hydroxyl groups is 1. The van der Waals surface area contributed by atoms with Gasteiger partial charge in [-0.3, -0.25) is 0 Å². The highest BCUT2D eigenvalue weighted by Crippen LogP contribution is 2.29. The van der Waals surface area contributed by atoms with Crippen molar-refractivity contribution in [2.45, 2.75) is 117 Å². The van der Waals surface area contributed by atoms with Crippen LogP contribution in [-0.4, -0.2) is 5.11 Å². The first-order valence-electron chi connectivity index (χ1n) is 11.1.